The van der Waals surface area contributed by atoms with E-state index in [2.05, 4.69) is 10.2 Å². The standard InChI is InChI=1S/C23H25N3O5/c1-16(31-23(28)17(2)30-21-9-3-18(15-24)4-10-21)22(27)25-19-5-7-20(8-6-19)26-11-13-29-14-12-26/h3-10,16-17H,11-14H2,1-2H3,(H,25,27)/t16-,17+/m0/s1. The van der Waals surface area contributed by atoms with Gasteiger partial charge in [0.2, 0.25) is 0 Å². The molecule has 0 saturated carbocycles. The van der Waals surface area contributed by atoms with Gasteiger partial charge < -0.3 is 24.4 Å². The average Bonchev–Trinajstić information content (AvgIpc) is 2.80. The van der Waals surface area contributed by atoms with Crippen LogP contribution in [0.5, 0.6) is 5.75 Å². The second kappa shape index (κ2) is 10.5. The van der Waals surface area contributed by atoms with Crippen molar-refractivity contribution < 1.29 is 23.8 Å². The first kappa shape index (κ1) is 22.1. The first-order valence-corrected chi connectivity index (χ1v) is 10.1. The second-order valence-electron chi connectivity index (χ2n) is 7.11. The van der Waals surface area contributed by atoms with Gasteiger partial charge in [-0.3, -0.25) is 4.79 Å². The predicted octanol–water partition coefficient (Wildman–Crippen LogP) is 2.73. The van der Waals surface area contributed by atoms with Gasteiger partial charge in [0, 0.05) is 24.5 Å². The van der Waals surface area contributed by atoms with Crippen molar-refractivity contribution >= 4 is 23.3 Å². The van der Waals surface area contributed by atoms with Crippen molar-refractivity contribution in [2.24, 2.45) is 0 Å². The number of ether oxygens (including phenoxy) is 3. The molecule has 1 saturated heterocycles. The molecule has 0 aliphatic carbocycles. The van der Waals surface area contributed by atoms with E-state index in [-0.39, 0.29) is 0 Å². The van der Waals surface area contributed by atoms with Crippen LogP contribution in [-0.2, 0) is 19.1 Å². The molecule has 8 nitrogen and oxygen atoms in total. The lowest BCUT2D eigenvalue weighted by Gasteiger charge is -2.29. The van der Waals surface area contributed by atoms with Gasteiger partial charge in [-0.1, -0.05) is 0 Å². The van der Waals surface area contributed by atoms with Crippen molar-refractivity contribution in [2.75, 3.05) is 36.5 Å². The van der Waals surface area contributed by atoms with Gasteiger partial charge in [-0.05, 0) is 62.4 Å². The Balaban J connectivity index is 1.48. The zero-order chi connectivity index (χ0) is 22.2. The minimum absolute atomic E-state index is 0.431. The molecule has 0 bridgehead atoms. The molecule has 2 aromatic carbocycles. The Kier molecular flexibility index (Phi) is 7.46. The molecule has 0 unspecified atom stereocenters. The number of carbonyl (C=O) groups is 2. The fourth-order valence-electron chi connectivity index (χ4n) is 3.00. The van der Waals surface area contributed by atoms with Crippen LogP contribution in [0.3, 0.4) is 0 Å². The van der Waals surface area contributed by atoms with E-state index in [0.29, 0.717) is 30.2 Å². The normalized spacial score (nSPS) is 15.3. The lowest BCUT2D eigenvalue weighted by Crippen LogP contribution is -2.36. The lowest BCUT2D eigenvalue weighted by molar-refractivity contribution is -0.159. The van der Waals surface area contributed by atoms with Crippen LogP contribution in [-0.4, -0.2) is 50.4 Å². The largest absolute Gasteiger partial charge is 0.479 e. The quantitative estimate of drug-likeness (QED) is 0.684. The summed E-state index contributed by atoms with van der Waals surface area (Å²) in [6.45, 7) is 6.12. The third-order valence-corrected chi connectivity index (χ3v) is 4.80. The highest BCUT2D eigenvalue weighted by Crippen LogP contribution is 2.19. The van der Waals surface area contributed by atoms with E-state index >= 15 is 0 Å². The molecule has 2 aromatic rings. The van der Waals surface area contributed by atoms with Gasteiger partial charge in [0.25, 0.3) is 5.91 Å². The summed E-state index contributed by atoms with van der Waals surface area (Å²) < 4.78 is 16.1. The molecule has 1 fully saturated rings. The highest BCUT2D eigenvalue weighted by molar-refractivity contribution is 5.95. The number of anilines is 2. The van der Waals surface area contributed by atoms with E-state index in [9.17, 15) is 9.59 Å². The third-order valence-electron chi connectivity index (χ3n) is 4.80. The minimum Gasteiger partial charge on any atom is -0.479 e. The van der Waals surface area contributed by atoms with Crippen LogP contribution in [0.25, 0.3) is 0 Å². The molecule has 1 aliphatic rings. The van der Waals surface area contributed by atoms with Gasteiger partial charge in [0.15, 0.2) is 12.2 Å². The number of hydrogen-bond acceptors (Lipinski definition) is 7. The van der Waals surface area contributed by atoms with Crippen molar-refractivity contribution in [1.29, 1.82) is 5.26 Å². The van der Waals surface area contributed by atoms with E-state index < -0.39 is 24.1 Å². The Hall–Kier alpha value is -3.57. The highest BCUT2D eigenvalue weighted by Gasteiger charge is 2.23. The molecule has 1 amide bonds. The number of hydrogen-bond donors (Lipinski definition) is 1. The van der Waals surface area contributed by atoms with Crippen LogP contribution in [0, 0.1) is 11.3 Å². The zero-order valence-electron chi connectivity index (χ0n) is 17.5. The minimum atomic E-state index is -0.988. The maximum atomic E-state index is 12.4. The first-order chi connectivity index (χ1) is 15.0. The summed E-state index contributed by atoms with van der Waals surface area (Å²) in [6, 6.07) is 15.9. The van der Waals surface area contributed by atoms with Crippen molar-refractivity contribution in [2.45, 2.75) is 26.1 Å². The molecule has 1 aliphatic heterocycles. The summed E-state index contributed by atoms with van der Waals surface area (Å²) in [6.07, 6.45) is -1.89. The molecule has 8 heteroatoms. The number of benzene rings is 2. The fourth-order valence-corrected chi connectivity index (χ4v) is 3.00. The van der Waals surface area contributed by atoms with Gasteiger partial charge in [0.1, 0.15) is 5.75 Å². The van der Waals surface area contributed by atoms with Crippen molar-refractivity contribution in [3.05, 3.63) is 54.1 Å². The topological polar surface area (TPSA) is 101 Å². The van der Waals surface area contributed by atoms with Crippen LogP contribution in [0.1, 0.15) is 19.4 Å². The Labute approximate surface area is 181 Å². The zero-order valence-corrected chi connectivity index (χ0v) is 17.5. The summed E-state index contributed by atoms with van der Waals surface area (Å²) in [7, 11) is 0. The third kappa shape index (κ3) is 6.20. The molecule has 0 spiro atoms. The number of nitriles is 1. The molecule has 1 heterocycles. The molecule has 31 heavy (non-hydrogen) atoms. The lowest BCUT2D eigenvalue weighted by atomic mass is 10.2. The van der Waals surface area contributed by atoms with Crippen molar-refractivity contribution in [3.63, 3.8) is 0 Å². The van der Waals surface area contributed by atoms with Gasteiger partial charge in [0.05, 0.1) is 24.8 Å². The summed E-state index contributed by atoms with van der Waals surface area (Å²) in [5.41, 5.74) is 2.17. The van der Waals surface area contributed by atoms with Crippen LogP contribution in [0.15, 0.2) is 48.5 Å². The molecule has 2 atom stereocenters. The predicted molar refractivity (Wildman–Crippen MR) is 115 cm³/mol. The SMILES string of the molecule is C[C@H](OC(=O)[C@@H](C)Oc1ccc(C#N)cc1)C(=O)Nc1ccc(N2CCOCC2)cc1. The van der Waals surface area contributed by atoms with Crippen LogP contribution in [0.4, 0.5) is 11.4 Å². The van der Waals surface area contributed by atoms with Gasteiger partial charge in [-0.2, -0.15) is 5.26 Å². The Morgan fingerprint density at radius 3 is 2.29 bits per heavy atom. The Morgan fingerprint density at radius 1 is 1.03 bits per heavy atom. The fraction of sp³-hybridized carbons (Fsp3) is 0.348. The monoisotopic (exact) mass is 423 g/mol. The maximum absolute atomic E-state index is 12.4. The van der Waals surface area contributed by atoms with Crippen LogP contribution < -0.4 is 15.0 Å². The van der Waals surface area contributed by atoms with Crippen LogP contribution in [0.2, 0.25) is 0 Å². The van der Waals surface area contributed by atoms with E-state index in [1.54, 1.807) is 24.3 Å². The van der Waals surface area contributed by atoms with Crippen molar-refractivity contribution in [3.8, 4) is 11.8 Å². The molecule has 0 aromatic heterocycles. The molecule has 162 valence electrons. The molecular weight excluding hydrogens is 398 g/mol. The number of nitrogens with zero attached hydrogens (tertiary/aromatic N) is 2. The Morgan fingerprint density at radius 2 is 1.68 bits per heavy atom. The number of esters is 1. The average molecular weight is 423 g/mol. The summed E-state index contributed by atoms with van der Waals surface area (Å²) in [5.74, 6) is -0.659. The van der Waals surface area contributed by atoms with E-state index in [1.165, 1.54) is 13.8 Å². The van der Waals surface area contributed by atoms with E-state index in [4.69, 9.17) is 19.5 Å². The second-order valence-corrected chi connectivity index (χ2v) is 7.11. The maximum Gasteiger partial charge on any atom is 0.347 e. The summed E-state index contributed by atoms with van der Waals surface area (Å²) in [4.78, 5) is 26.9. The first-order valence-electron chi connectivity index (χ1n) is 10.1. The van der Waals surface area contributed by atoms with Gasteiger partial charge in [-0.25, -0.2) is 4.79 Å². The molecule has 3 rings (SSSR count). The number of carbonyl (C=O) groups excluding carboxylic acids is 2. The number of nitrogens with one attached hydrogen (secondary N) is 1. The van der Waals surface area contributed by atoms with E-state index in [0.717, 1.165) is 18.8 Å². The number of rotatable bonds is 7. The van der Waals surface area contributed by atoms with Gasteiger partial charge >= 0.3 is 5.97 Å². The number of morpholine rings is 1. The molecular formula is C23H25N3O5. The molecule has 0 radical (unpaired) electrons. The Bertz CT molecular complexity index is 931. The smallest absolute Gasteiger partial charge is 0.347 e. The van der Waals surface area contributed by atoms with Crippen LogP contribution >= 0.6 is 0 Å². The summed E-state index contributed by atoms with van der Waals surface area (Å²) in [5, 5.41) is 11.6. The van der Waals surface area contributed by atoms with E-state index in [1.807, 2.05) is 30.3 Å². The summed E-state index contributed by atoms with van der Waals surface area (Å²) >= 11 is 0. The highest BCUT2D eigenvalue weighted by atomic mass is 16.6. The van der Waals surface area contributed by atoms with Gasteiger partial charge in [-0.15, -0.1) is 0 Å². The number of amides is 1. The molecule has 1 N–H and O–H groups in total. The van der Waals surface area contributed by atoms with Crippen molar-refractivity contribution in [1.82, 2.24) is 0 Å².